The maximum absolute atomic E-state index is 13.1. The van der Waals surface area contributed by atoms with E-state index in [0.717, 1.165) is 11.1 Å². The van der Waals surface area contributed by atoms with Gasteiger partial charge in [-0.2, -0.15) is 0 Å². The number of aromatic hydroxyl groups is 1. The number of nitrogens with one attached hydrogen (secondary N) is 1. The highest BCUT2D eigenvalue weighted by atomic mass is 16.5. The summed E-state index contributed by atoms with van der Waals surface area (Å²) in [6.45, 7) is 0.472. The Labute approximate surface area is 174 Å². The molecule has 2 aromatic carbocycles. The molecule has 0 aliphatic carbocycles. The van der Waals surface area contributed by atoms with Gasteiger partial charge in [0.05, 0.1) is 0 Å². The zero-order valence-electron chi connectivity index (χ0n) is 16.5. The monoisotopic (exact) mass is 411 g/mol. The largest absolute Gasteiger partial charge is 0.508 e. The van der Waals surface area contributed by atoms with Crippen molar-refractivity contribution < 1.29 is 24.2 Å². The Balaban J connectivity index is 1.71. The van der Waals surface area contributed by atoms with Gasteiger partial charge >= 0.3 is 6.09 Å². The number of primary amides is 1. The molecule has 4 N–H and O–H groups in total. The molecule has 0 aromatic heterocycles. The number of carbonyl (C=O) groups excluding carboxylic acids is 3. The fraction of sp³-hybridized carbons (Fsp3) is 0.318. The number of phenolic OH excluding ortho intramolecular Hbond substituents is 1. The molecule has 30 heavy (non-hydrogen) atoms. The van der Waals surface area contributed by atoms with E-state index >= 15 is 0 Å². The predicted octanol–water partition coefficient (Wildman–Crippen LogP) is 1.71. The molecule has 3 rings (SSSR count). The van der Waals surface area contributed by atoms with E-state index in [1.807, 2.05) is 30.3 Å². The number of hydrogen-bond acceptors (Lipinski definition) is 5. The number of nitrogens with zero attached hydrogens (tertiary/aromatic N) is 1. The topological polar surface area (TPSA) is 122 Å². The first-order valence-corrected chi connectivity index (χ1v) is 9.79. The Morgan fingerprint density at radius 2 is 1.80 bits per heavy atom. The Morgan fingerprint density at radius 3 is 2.47 bits per heavy atom. The molecule has 8 heteroatoms. The second-order valence-corrected chi connectivity index (χ2v) is 7.22. The van der Waals surface area contributed by atoms with E-state index in [0.29, 0.717) is 19.4 Å². The molecular formula is C22H25N3O5. The first kappa shape index (κ1) is 21.2. The van der Waals surface area contributed by atoms with E-state index in [1.165, 1.54) is 17.0 Å². The van der Waals surface area contributed by atoms with Gasteiger partial charge in [-0.1, -0.05) is 42.5 Å². The van der Waals surface area contributed by atoms with Gasteiger partial charge in [0, 0.05) is 13.0 Å². The van der Waals surface area contributed by atoms with E-state index in [-0.39, 0.29) is 24.7 Å². The van der Waals surface area contributed by atoms with Crippen LogP contribution in [-0.4, -0.2) is 46.5 Å². The highest BCUT2D eigenvalue weighted by Gasteiger charge is 2.36. The van der Waals surface area contributed by atoms with Crippen molar-refractivity contribution in [1.82, 2.24) is 10.2 Å². The van der Waals surface area contributed by atoms with E-state index in [9.17, 15) is 19.5 Å². The van der Waals surface area contributed by atoms with E-state index < -0.39 is 24.1 Å². The smallest absolute Gasteiger partial charge is 0.408 e. The molecule has 0 spiro atoms. The molecule has 158 valence electrons. The van der Waals surface area contributed by atoms with Gasteiger partial charge in [-0.05, 0) is 36.1 Å². The Morgan fingerprint density at radius 1 is 1.10 bits per heavy atom. The molecule has 0 radical (unpaired) electrons. The van der Waals surface area contributed by atoms with E-state index in [1.54, 1.807) is 12.1 Å². The minimum atomic E-state index is -0.933. The van der Waals surface area contributed by atoms with Crippen LogP contribution in [0.25, 0.3) is 0 Å². The van der Waals surface area contributed by atoms with Gasteiger partial charge < -0.3 is 25.8 Å². The lowest BCUT2D eigenvalue weighted by Gasteiger charge is -2.27. The maximum Gasteiger partial charge on any atom is 0.408 e. The van der Waals surface area contributed by atoms with Crippen LogP contribution >= 0.6 is 0 Å². The highest BCUT2D eigenvalue weighted by Crippen LogP contribution is 2.20. The number of likely N-dealkylation sites (tertiary alicyclic amines) is 1. The number of benzene rings is 2. The molecule has 0 bridgehead atoms. The van der Waals surface area contributed by atoms with Crippen LogP contribution in [0.1, 0.15) is 24.0 Å². The first-order valence-electron chi connectivity index (χ1n) is 9.79. The molecule has 2 atom stereocenters. The first-order chi connectivity index (χ1) is 14.4. The second kappa shape index (κ2) is 9.78. The number of nitrogens with two attached hydrogens (primary N) is 1. The van der Waals surface area contributed by atoms with Crippen LogP contribution in [0.5, 0.6) is 5.75 Å². The summed E-state index contributed by atoms with van der Waals surface area (Å²) in [6, 6.07) is 13.9. The van der Waals surface area contributed by atoms with Gasteiger partial charge in [0.25, 0.3) is 0 Å². The lowest BCUT2D eigenvalue weighted by molar-refractivity contribution is -0.138. The summed E-state index contributed by atoms with van der Waals surface area (Å²) in [5, 5.41) is 12.1. The summed E-state index contributed by atoms with van der Waals surface area (Å²) in [5.74, 6) is -0.845. The van der Waals surface area contributed by atoms with Crippen molar-refractivity contribution in [1.29, 1.82) is 0 Å². The third-order valence-corrected chi connectivity index (χ3v) is 5.04. The van der Waals surface area contributed by atoms with Gasteiger partial charge in [-0.25, -0.2) is 4.79 Å². The van der Waals surface area contributed by atoms with Crippen LogP contribution < -0.4 is 11.1 Å². The van der Waals surface area contributed by atoms with Crippen molar-refractivity contribution >= 4 is 17.9 Å². The Kier molecular flexibility index (Phi) is 6.90. The maximum atomic E-state index is 13.1. The van der Waals surface area contributed by atoms with Gasteiger partial charge in [0.15, 0.2) is 0 Å². The lowest BCUT2D eigenvalue weighted by atomic mass is 10.0. The quantitative estimate of drug-likeness (QED) is 0.640. The SMILES string of the molecule is NC(=O)C1CCCN1C(=O)C(Cc1ccc(O)cc1)NC(=O)OCc1ccccc1. The number of amides is 3. The number of phenols is 1. The molecule has 8 nitrogen and oxygen atoms in total. The normalized spacial score (nSPS) is 16.7. The summed E-state index contributed by atoms with van der Waals surface area (Å²) in [7, 11) is 0. The van der Waals surface area contributed by atoms with Crippen LogP contribution in [0.2, 0.25) is 0 Å². The summed E-state index contributed by atoms with van der Waals surface area (Å²) in [4.78, 5) is 38.6. The lowest BCUT2D eigenvalue weighted by Crippen LogP contribution is -2.53. The second-order valence-electron chi connectivity index (χ2n) is 7.22. The Bertz CT molecular complexity index is 885. The molecule has 2 aromatic rings. The van der Waals surface area contributed by atoms with Gasteiger partial charge in [0.2, 0.25) is 11.8 Å². The number of rotatable bonds is 7. The van der Waals surface area contributed by atoms with Crippen LogP contribution in [0.3, 0.4) is 0 Å². The van der Waals surface area contributed by atoms with E-state index in [4.69, 9.17) is 10.5 Å². The third kappa shape index (κ3) is 5.50. The fourth-order valence-electron chi connectivity index (χ4n) is 3.50. The molecular weight excluding hydrogens is 386 g/mol. The minimum absolute atomic E-state index is 0.0699. The van der Waals surface area contributed by atoms with Gasteiger partial charge in [-0.3, -0.25) is 9.59 Å². The van der Waals surface area contributed by atoms with Crippen LogP contribution in [0.15, 0.2) is 54.6 Å². The minimum Gasteiger partial charge on any atom is -0.508 e. The number of alkyl carbamates (subject to hydrolysis) is 1. The van der Waals surface area contributed by atoms with Crippen LogP contribution in [0.4, 0.5) is 4.79 Å². The highest BCUT2D eigenvalue weighted by molar-refractivity contribution is 5.91. The average molecular weight is 411 g/mol. The molecule has 1 heterocycles. The molecule has 2 unspecified atom stereocenters. The summed E-state index contributed by atoms with van der Waals surface area (Å²) in [6.07, 6.45) is 0.627. The zero-order chi connectivity index (χ0) is 21.5. The number of hydrogen-bond donors (Lipinski definition) is 3. The molecule has 1 aliphatic heterocycles. The Hall–Kier alpha value is -3.55. The third-order valence-electron chi connectivity index (χ3n) is 5.04. The number of ether oxygens (including phenoxy) is 1. The molecule has 1 aliphatic rings. The number of carbonyl (C=O) groups is 3. The fourth-order valence-corrected chi connectivity index (χ4v) is 3.50. The molecule has 1 saturated heterocycles. The van der Waals surface area contributed by atoms with Crippen LogP contribution in [-0.2, 0) is 27.4 Å². The van der Waals surface area contributed by atoms with Crippen molar-refractivity contribution in [3.63, 3.8) is 0 Å². The summed E-state index contributed by atoms with van der Waals surface area (Å²) >= 11 is 0. The summed E-state index contributed by atoms with van der Waals surface area (Å²) in [5.41, 5.74) is 7.00. The predicted molar refractivity (Wildman–Crippen MR) is 109 cm³/mol. The van der Waals surface area contributed by atoms with Crippen LogP contribution in [0, 0.1) is 0 Å². The van der Waals surface area contributed by atoms with Crippen molar-refractivity contribution in [2.45, 2.75) is 38.0 Å². The molecule has 1 fully saturated rings. The summed E-state index contributed by atoms with van der Waals surface area (Å²) < 4.78 is 5.25. The zero-order valence-corrected chi connectivity index (χ0v) is 16.5. The van der Waals surface area contributed by atoms with Gasteiger partial charge in [0.1, 0.15) is 24.4 Å². The van der Waals surface area contributed by atoms with Crippen molar-refractivity contribution in [3.8, 4) is 5.75 Å². The molecule has 0 saturated carbocycles. The van der Waals surface area contributed by atoms with Gasteiger partial charge in [-0.15, -0.1) is 0 Å². The van der Waals surface area contributed by atoms with E-state index in [2.05, 4.69) is 5.32 Å². The van der Waals surface area contributed by atoms with Crippen molar-refractivity contribution in [2.75, 3.05) is 6.54 Å². The van der Waals surface area contributed by atoms with Crippen molar-refractivity contribution in [2.24, 2.45) is 5.73 Å². The van der Waals surface area contributed by atoms with Crippen molar-refractivity contribution in [3.05, 3.63) is 65.7 Å². The molecule has 3 amide bonds. The average Bonchev–Trinajstić information content (AvgIpc) is 3.24. The standard InChI is InChI=1S/C22H25N3O5/c23-20(27)19-7-4-12-25(19)21(28)18(13-15-8-10-17(26)11-9-15)24-22(29)30-14-16-5-2-1-3-6-16/h1-3,5-6,8-11,18-19,26H,4,7,12-14H2,(H2,23,27)(H,24,29).